The maximum atomic E-state index is 4.57. The molecule has 0 aliphatic heterocycles. The lowest BCUT2D eigenvalue weighted by Gasteiger charge is -2.13. The Bertz CT molecular complexity index is 397. The van der Waals surface area contributed by atoms with Crippen molar-refractivity contribution in [3.05, 3.63) is 30.1 Å². The van der Waals surface area contributed by atoms with Crippen LogP contribution in [0.15, 0.2) is 24.4 Å². The van der Waals surface area contributed by atoms with E-state index in [4.69, 9.17) is 0 Å². The minimum Gasteiger partial charge on any atom is -0.316 e. The van der Waals surface area contributed by atoms with Crippen LogP contribution in [0.2, 0.25) is 0 Å². The van der Waals surface area contributed by atoms with E-state index in [0.29, 0.717) is 17.3 Å². The third-order valence-electron chi connectivity index (χ3n) is 4.92. The molecular weight excluding hydrogens is 220 g/mol. The van der Waals surface area contributed by atoms with E-state index in [2.05, 4.69) is 57.1 Å². The summed E-state index contributed by atoms with van der Waals surface area (Å²) in [7, 11) is 0. The highest BCUT2D eigenvalue weighted by Gasteiger charge is 2.68. The molecule has 0 spiro atoms. The fourth-order valence-electron chi connectivity index (χ4n) is 3.26. The van der Waals surface area contributed by atoms with Gasteiger partial charge in [-0.2, -0.15) is 0 Å². The standard InChI is InChI=1S/C16H26N2/c1-12(2)10-17-11-13-15(3,4)16(13,5)14-8-6-7-9-18-14/h6-9,12-13,17H,10-11H2,1-5H3. The molecule has 100 valence electrons. The van der Waals surface area contributed by atoms with Crippen molar-refractivity contribution >= 4 is 0 Å². The molecule has 0 aromatic carbocycles. The highest BCUT2D eigenvalue weighted by molar-refractivity contribution is 5.34. The maximum Gasteiger partial charge on any atom is 0.0471 e. The Morgan fingerprint density at radius 1 is 1.28 bits per heavy atom. The molecule has 1 heterocycles. The van der Waals surface area contributed by atoms with Crippen molar-refractivity contribution < 1.29 is 0 Å². The van der Waals surface area contributed by atoms with Crippen LogP contribution in [-0.2, 0) is 5.41 Å². The first kappa shape index (κ1) is 13.5. The van der Waals surface area contributed by atoms with Crippen LogP contribution in [0.4, 0.5) is 0 Å². The van der Waals surface area contributed by atoms with Gasteiger partial charge in [0.25, 0.3) is 0 Å². The first-order valence-electron chi connectivity index (χ1n) is 7.03. The SMILES string of the molecule is CC(C)CNCC1C(C)(C)C1(C)c1ccccn1. The Morgan fingerprint density at radius 3 is 2.56 bits per heavy atom. The first-order valence-corrected chi connectivity index (χ1v) is 7.03. The van der Waals surface area contributed by atoms with E-state index in [0.717, 1.165) is 13.1 Å². The molecule has 2 atom stereocenters. The van der Waals surface area contributed by atoms with Crippen LogP contribution in [0.25, 0.3) is 0 Å². The van der Waals surface area contributed by atoms with Crippen molar-refractivity contribution in [2.24, 2.45) is 17.3 Å². The molecule has 1 N–H and O–H groups in total. The van der Waals surface area contributed by atoms with Crippen LogP contribution in [0.3, 0.4) is 0 Å². The van der Waals surface area contributed by atoms with E-state index >= 15 is 0 Å². The monoisotopic (exact) mass is 246 g/mol. The topological polar surface area (TPSA) is 24.9 Å². The van der Waals surface area contributed by atoms with Crippen molar-refractivity contribution in [3.8, 4) is 0 Å². The summed E-state index contributed by atoms with van der Waals surface area (Å²) in [6.45, 7) is 13.8. The van der Waals surface area contributed by atoms with Crippen molar-refractivity contribution in [2.75, 3.05) is 13.1 Å². The largest absolute Gasteiger partial charge is 0.316 e. The Labute approximate surface area is 111 Å². The highest BCUT2D eigenvalue weighted by atomic mass is 14.9. The Hall–Kier alpha value is -0.890. The van der Waals surface area contributed by atoms with Gasteiger partial charge in [-0.1, -0.05) is 40.7 Å². The van der Waals surface area contributed by atoms with Gasteiger partial charge in [0.15, 0.2) is 0 Å². The molecule has 18 heavy (non-hydrogen) atoms. The minimum absolute atomic E-state index is 0.220. The van der Waals surface area contributed by atoms with Gasteiger partial charge in [-0.3, -0.25) is 4.98 Å². The average Bonchev–Trinajstić information content (AvgIpc) is 2.76. The number of hydrogen-bond donors (Lipinski definition) is 1. The molecule has 1 fully saturated rings. The second-order valence-electron chi connectivity index (χ2n) is 6.74. The molecular formula is C16H26N2. The average molecular weight is 246 g/mol. The van der Waals surface area contributed by atoms with E-state index in [-0.39, 0.29) is 5.41 Å². The lowest BCUT2D eigenvalue weighted by molar-refractivity contribution is 0.485. The van der Waals surface area contributed by atoms with E-state index in [9.17, 15) is 0 Å². The van der Waals surface area contributed by atoms with Gasteiger partial charge in [-0.25, -0.2) is 0 Å². The first-order chi connectivity index (χ1) is 8.40. The summed E-state index contributed by atoms with van der Waals surface area (Å²) in [5.41, 5.74) is 1.80. The Kier molecular flexibility index (Phi) is 3.50. The van der Waals surface area contributed by atoms with E-state index < -0.39 is 0 Å². The summed E-state index contributed by atoms with van der Waals surface area (Å²) in [5.74, 6) is 1.40. The van der Waals surface area contributed by atoms with Gasteiger partial charge in [-0.05, 0) is 42.5 Å². The third kappa shape index (κ3) is 2.07. The predicted molar refractivity (Wildman–Crippen MR) is 76.6 cm³/mol. The van der Waals surface area contributed by atoms with Crippen LogP contribution in [-0.4, -0.2) is 18.1 Å². The summed E-state index contributed by atoms with van der Waals surface area (Å²) in [6.07, 6.45) is 1.91. The molecule has 1 aromatic rings. The normalized spacial score (nSPS) is 29.6. The summed E-state index contributed by atoms with van der Waals surface area (Å²) < 4.78 is 0. The molecule has 1 aromatic heterocycles. The number of nitrogens with one attached hydrogen (secondary N) is 1. The van der Waals surface area contributed by atoms with E-state index in [1.54, 1.807) is 0 Å². The van der Waals surface area contributed by atoms with Gasteiger partial charge in [-0.15, -0.1) is 0 Å². The van der Waals surface area contributed by atoms with Crippen LogP contribution >= 0.6 is 0 Å². The van der Waals surface area contributed by atoms with Crippen LogP contribution in [0.5, 0.6) is 0 Å². The van der Waals surface area contributed by atoms with Crippen molar-refractivity contribution in [3.63, 3.8) is 0 Å². The molecule has 2 heteroatoms. The smallest absolute Gasteiger partial charge is 0.0471 e. The molecule has 0 saturated heterocycles. The zero-order valence-corrected chi connectivity index (χ0v) is 12.3. The van der Waals surface area contributed by atoms with E-state index in [1.165, 1.54) is 5.69 Å². The van der Waals surface area contributed by atoms with Gasteiger partial charge in [0, 0.05) is 17.3 Å². The quantitative estimate of drug-likeness (QED) is 0.862. The zero-order chi connectivity index (χ0) is 13.4. The lowest BCUT2D eigenvalue weighted by Crippen LogP contribution is -2.24. The van der Waals surface area contributed by atoms with Gasteiger partial charge in [0.2, 0.25) is 0 Å². The van der Waals surface area contributed by atoms with Crippen LogP contribution < -0.4 is 5.32 Å². The lowest BCUT2D eigenvalue weighted by atomic mass is 9.94. The summed E-state index contributed by atoms with van der Waals surface area (Å²) in [6, 6.07) is 6.26. The number of rotatable bonds is 5. The van der Waals surface area contributed by atoms with Crippen LogP contribution in [0, 0.1) is 17.3 Å². The summed E-state index contributed by atoms with van der Waals surface area (Å²) in [4.78, 5) is 4.57. The molecule has 0 bridgehead atoms. The summed E-state index contributed by atoms with van der Waals surface area (Å²) >= 11 is 0. The summed E-state index contributed by atoms with van der Waals surface area (Å²) in [5, 5.41) is 3.60. The number of aromatic nitrogens is 1. The zero-order valence-electron chi connectivity index (χ0n) is 12.3. The predicted octanol–water partition coefficient (Wildman–Crippen LogP) is 3.24. The maximum absolute atomic E-state index is 4.57. The van der Waals surface area contributed by atoms with Crippen molar-refractivity contribution in [1.82, 2.24) is 10.3 Å². The Balaban J connectivity index is 2.05. The van der Waals surface area contributed by atoms with Gasteiger partial charge < -0.3 is 5.32 Å². The van der Waals surface area contributed by atoms with Gasteiger partial charge in [0.1, 0.15) is 0 Å². The minimum atomic E-state index is 0.220. The molecule has 1 aliphatic carbocycles. The third-order valence-corrected chi connectivity index (χ3v) is 4.92. The fourth-order valence-corrected chi connectivity index (χ4v) is 3.26. The second-order valence-corrected chi connectivity index (χ2v) is 6.74. The second kappa shape index (κ2) is 4.65. The van der Waals surface area contributed by atoms with Crippen molar-refractivity contribution in [2.45, 2.75) is 40.0 Å². The number of pyridine rings is 1. The number of hydrogen-bond acceptors (Lipinski definition) is 2. The molecule has 2 nitrogen and oxygen atoms in total. The molecule has 2 rings (SSSR count). The molecule has 1 saturated carbocycles. The number of nitrogens with zero attached hydrogens (tertiary/aromatic N) is 1. The highest BCUT2D eigenvalue weighted by Crippen LogP contribution is 2.68. The van der Waals surface area contributed by atoms with Crippen LogP contribution in [0.1, 0.15) is 40.3 Å². The van der Waals surface area contributed by atoms with Crippen molar-refractivity contribution in [1.29, 1.82) is 0 Å². The molecule has 2 unspecified atom stereocenters. The van der Waals surface area contributed by atoms with Gasteiger partial charge in [0.05, 0.1) is 0 Å². The molecule has 1 aliphatic rings. The Morgan fingerprint density at radius 2 is 2.00 bits per heavy atom. The van der Waals surface area contributed by atoms with Gasteiger partial charge >= 0.3 is 0 Å². The van der Waals surface area contributed by atoms with E-state index in [1.807, 2.05) is 12.3 Å². The molecule has 0 amide bonds. The fraction of sp³-hybridized carbons (Fsp3) is 0.688. The molecule has 0 radical (unpaired) electrons.